The van der Waals surface area contributed by atoms with Crippen LogP contribution >= 0.6 is 34.4 Å². The number of hydrogen-bond acceptors (Lipinski definition) is 8. The van der Waals surface area contributed by atoms with E-state index in [0.717, 1.165) is 26.5 Å². The Morgan fingerprint density at radius 1 is 1.16 bits per heavy atom. The number of nitrogens with one attached hydrogen (secondary N) is 1. The second kappa shape index (κ2) is 8.03. The monoisotopic (exact) mass is 466 g/mol. The van der Waals surface area contributed by atoms with Crippen LogP contribution in [0.3, 0.4) is 0 Å². The van der Waals surface area contributed by atoms with Gasteiger partial charge in [0.2, 0.25) is 5.16 Å². The van der Waals surface area contributed by atoms with E-state index in [1.54, 1.807) is 16.0 Å². The molecule has 0 aliphatic rings. The third kappa shape index (κ3) is 3.60. The molecule has 1 atom stereocenters. The van der Waals surface area contributed by atoms with Gasteiger partial charge in [-0.1, -0.05) is 30.0 Å². The zero-order valence-corrected chi connectivity index (χ0v) is 19.4. The number of fused-ring (bicyclic) bond motifs is 1. The maximum Gasteiger partial charge on any atom is 0.260 e. The molecule has 0 amide bonds. The van der Waals surface area contributed by atoms with E-state index in [0.29, 0.717) is 16.4 Å². The molecule has 31 heavy (non-hydrogen) atoms. The number of thiophene rings is 2. The highest BCUT2D eigenvalue weighted by Crippen LogP contribution is 2.36. The zero-order valence-electron chi connectivity index (χ0n) is 17.0. The van der Waals surface area contributed by atoms with Crippen molar-refractivity contribution < 1.29 is 0 Å². The number of hydrogen-bond donors (Lipinski definition) is 1. The number of aryl methyl sites for hydroxylation is 1. The molecule has 0 aliphatic carbocycles. The van der Waals surface area contributed by atoms with Gasteiger partial charge in [0.25, 0.3) is 5.56 Å². The van der Waals surface area contributed by atoms with Crippen LogP contribution in [0, 0.1) is 13.8 Å². The van der Waals surface area contributed by atoms with Crippen molar-refractivity contribution >= 4 is 44.7 Å². The average molecular weight is 467 g/mol. The van der Waals surface area contributed by atoms with E-state index in [1.807, 2.05) is 41.9 Å². The van der Waals surface area contributed by atoms with E-state index in [-0.39, 0.29) is 10.8 Å². The van der Waals surface area contributed by atoms with E-state index < -0.39 is 0 Å². The Hall–Kier alpha value is -2.82. The summed E-state index contributed by atoms with van der Waals surface area (Å²) in [4.78, 5) is 22.5. The lowest BCUT2D eigenvalue weighted by Crippen LogP contribution is -2.12. The van der Waals surface area contributed by atoms with Crippen molar-refractivity contribution in [2.45, 2.75) is 31.2 Å². The van der Waals surface area contributed by atoms with Gasteiger partial charge in [-0.15, -0.1) is 27.8 Å². The van der Waals surface area contributed by atoms with Crippen LogP contribution in [0.4, 0.5) is 0 Å². The highest BCUT2D eigenvalue weighted by molar-refractivity contribution is 7.99. The average Bonchev–Trinajstić information content (AvgIpc) is 3.50. The quantitative estimate of drug-likeness (QED) is 0.360. The lowest BCUT2D eigenvalue weighted by atomic mass is 10.1. The van der Waals surface area contributed by atoms with Crippen molar-refractivity contribution in [3.63, 3.8) is 0 Å². The first-order valence-corrected chi connectivity index (χ1v) is 12.2. The second-order valence-electron chi connectivity index (χ2n) is 7.11. The normalized spacial score (nSPS) is 12.5. The Labute approximate surface area is 190 Å². The van der Waals surface area contributed by atoms with Crippen molar-refractivity contribution in [1.29, 1.82) is 0 Å². The fraction of sp³-hybridized carbons (Fsp3) is 0.190. The minimum atomic E-state index is -0.140. The summed E-state index contributed by atoms with van der Waals surface area (Å²) in [7, 11) is 0. The first-order valence-electron chi connectivity index (χ1n) is 9.60. The summed E-state index contributed by atoms with van der Waals surface area (Å²) in [5, 5.41) is 17.4. The Morgan fingerprint density at radius 2 is 2.03 bits per heavy atom. The number of aromatic nitrogens is 6. The SMILES string of the molecule is Cc1cccc(-n2nnnc2SC(C)c2nc3scc(-c4cccs4)c3c(=O)[nH]2)c1C. The summed E-state index contributed by atoms with van der Waals surface area (Å²) in [6, 6.07) is 10.1. The van der Waals surface area contributed by atoms with Crippen LogP contribution in [0.5, 0.6) is 0 Å². The highest BCUT2D eigenvalue weighted by atomic mass is 32.2. The van der Waals surface area contributed by atoms with Gasteiger partial charge < -0.3 is 4.98 Å². The molecule has 0 spiro atoms. The number of thioether (sulfide) groups is 1. The van der Waals surface area contributed by atoms with Crippen molar-refractivity contribution in [1.82, 2.24) is 30.2 Å². The molecule has 0 fully saturated rings. The predicted molar refractivity (Wildman–Crippen MR) is 126 cm³/mol. The molecule has 5 aromatic rings. The first kappa shape index (κ1) is 20.1. The van der Waals surface area contributed by atoms with E-state index in [4.69, 9.17) is 4.98 Å². The molecule has 4 heterocycles. The molecule has 0 saturated carbocycles. The van der Waals surface area contributed by atoms with Crippen molar-refractivity contribution in [3.05, 3.63) is 68.4 Å². The first-order chi connectivity index (χ1) is 15.0. The van der Waals surface area contributed by atoms with Crippen molar-refractivity contribution in [3.8, 4) is 16.1 Å². The summed E-state index contributed by atoms with van der Waals surface area (Å²) >= 11 is 4.57. The van der Waals surface area contributed by atoms with Crippen LogP contribution in [0.1, 0.15) is 29.1 Å². The van der Waals surface area contributed by atoms with Crippen molar-refractivity contribution in [2.24, 2.45) is 0 Å². The van der Waals surface area contributed by atoms with Gasteiger partial charge in [0.1, 0.15) is 10.7 Å². The second-order valence-corrected chi connectivity index (χ2v) is 10.2. The van der Waals surface area contributed by atoms with E-state index in [2.05, 4.69) is 40.4 Å². The predicted octanol–water partition coefficient (Wildman–Crippen LogP) is 5.16. The van der Waals surface area contributed by atoms with E-state index in [9.17, 15) is 4.79 Å². The lowest BCUT2D eigenvalue weighted by Gasteiger charge is -2.12. The third-order valence-corrected chi connectivity index (χ3v) is 7.98. The van der Waals surface area contributed by atoms with Crippen molar-refractivity contribution in [2.75, 3.05) is 0 Å². The standard InChI is InChI=1S/C21H18N6OS3/c1-11-6-4-7-15(12(11)2)27-21(24-25-26-27)31-13(3)18-22-19(28)17-14(10-30-20(17)23-18)16-8-5-9-29-16/h4-10,13H,1-3H3,(H,22,23,28). The number of aromatic amines is 1. The zero-order chi connectivity index (χ0) is 21.5. The van der Waals surface area contributed by atoms with Crippen LogP contribution in [-0.4, -0.2) is 30.2 Å². The Morgan fingerprint density at radius 3 is 2.84 bits per heavy atom. The molecule has 1 aromatic carbocycles. The fourth-order valence-electron chi connectivity index (χ4n) is 3.35. The Balaban J connectivity index is 1.48. The molecule has 156 valence electrons. The number of H-pyrrole nitrogens is 1. The molecule has 0 radical (unpaired) electrons. The van der Waals surface area contributed by atoms with Crippen LogP contribution in [-0.2, 0) is 0 Å². The molecule has 10 heteroatoms. The molecule has 0 bridgehead atoms. The Bertz CT molecular complexity index is 1430. The van der Waals surface area contributed by atoms with Gasteiger partial charge in [-0.05, 0) is 59.8 Å². The van der Waals surface area contributed by atoms with Gasteiger partial charge >= 0.3 is 0 Å². The van der Waals surface area contributed by atoms with E-state index >= 15 is 0 Å². The molecule has 5 rings (SSSR count). The molecule has 7 nitrogen and oxygen atoms in total. The van der Waals surface area contributed by atoms with Crippen LogP contribution in [0.2, 0.25) is 0 Å². The molecular formula is C21H18N6OS3. The molecule has 1 N–H and O–H groups in total. The van der Waals surface area contributed by atoms with Gasteiger partial charge in [-0.3, -0.25) is 4.79 Å². The number of nitrogens with zero attached hydrogens (tertiary/aromatic N) is 5. The summed E-state index contributed by atoms with van der Waals surface area (Å²) < 4.78 is 1.74. The van der Waals surface area contributed by atoms with Gasteiger partial charge in [0.05, 0.1) is 16.3 Å². The number of benzene rings is 1. The number of rotatable bonds is 5. The lowest BCUT2D eigenvalue weighted by molar-refractivity contribution is 0.748. The maximum atomic E-state index is 12.9. The largest absolute Gasteiger partial charge is 0.309 e. The van der Waals surface area contributed by atoms with Gasteiger partial charge in [0.15, 0.2) is 0 Å². The molecular weight excluding hydrogens is 448 g/mol. The smallest absolute Gasteiger partial charge is 0.260 e. The maximum absolute atomic E-state index is 12.9. The number of tetrazole rings is 1. The van der Waals surface area contributed by atoms with Crippen LogP contribution in [0.25, 0.3) is 26.3 Å². The summed E-state index contributed by atoms with van der Waals surface area (Å²) in [5.41, 5.74) is 4.06. The van der Waals surface area contributed by atoms with Gasteiger partial charge in [0, 0.05) is 15.8 Å². The minimum Gasteiger partial charge on any atom is -0.309 e. The highest BCUT2D eigenvalue weighted by Gasteiger charge is 2.20. The third-order valence-electron chi connectivity index (χ3n) is 5.16. The van der Waals surface area contributed by atoms with Gasteiger partial charge in [-0.2, -0.15) is 4.68 Å². The van der Waals surface area contributed by atoms with E-state index in [1.165, 1.54) is 28.7 Å². The van der Waals surface area contributed by atoms with Crippen LogP contribution < -0.4 is 5.56 Å². The molecule has 0 aliphatic heterocycles. The Kier molecular flexibility index (Phi) is 5.20. The molecule has 1 unspecified atom stereocenters. The molecule has 4 aromatic heterocycles. The topological polar surface area (TPSA) is 89.3 Å². The summed E-state index contributed by atoms with van der Waals surface area (Å²) in [6.45, 7) is 6.11. The summed E-state index contributed by atoms with van der Waals surface area (Å²) in [6.07, 6.45) is 0. The minimum absolute atomic E-state index is 0.119. The fourth-order valence-corrected chi connectivity index (χ4v) is 5.98. The van der Waals surface area contributed by atoms with Crippen LogP contribution in [0.15, 0.2) is 51.0 Å². The summed E-state index contributed by atoms with van der Waals surface area (Å²) in [5.74, 6) is 0.609. The van der Waals surface area contributed by atoms with Gasteiger partial charge in [-0.25, -0.2) is 4.98 Å². The molecule has 0 saturated heterocycles.